The van der Waals surface area contributed by atoms with Gasteiger partial charge in [0.2, 0.25) is 0 Å². The van der Waals surface area contributed by atoms with E-state index in [4.69, 9.17) is 0 Å². The summed E-state index contributed by atoms with van der Waals surface area (Å²) >= 11 is 0. The number of unbranched alkanes of at least 4 members (excludes halogenated alkanes) is 4. The zero-order valence-electron chi connectivity index (χ0n) is 14.6. The lowest BCUT2D eigenvalue weighted by atomic mass is 9.70. The van der Waals surface area contributed by atoms with Crippen molar-refractivity contribution in [2.45, 2.75) is 104 Å². The molecule has 0 amide bonds. The molecule has 120 valence electrons. The van der Waals surface area contributed by atoms with Crippen molar-refractivity contribution >= 4 is 0 Å². The summed E-state index contributed by atoms with van der Waals surface area (Å²) in [5, 5.41) is 3.86. The molecule has 1 nitrogen and oxygen atoms in total. The Balaban J connectivity index is 2.31. The zero-order chi connectivity index (χ0) is 14.8. The summed E-state index contributed by atoms with van der Waals surface area (Å²) in [4.78, 5) is 0. The third-order valence-corrected chi connectivity index (χ3v) is 5.23. The average Bonchev–Trinajstić information content (AvgIpc) is 2.42. The molecule has 1 heteroatoms. The van der Waals surface area contributed by atoms with E-state index in [-0.39, 0.29) is 0 Å². The largest absolute Gasteiger partial charge is 0.314 e. The molecule has 0 aromatic heterocycles. The minimum atomic E-state index is 0.604. The van der Waals surface area contributed by atoms with Crippen molar-refractivity contribution in [3.8, 4) is 0 Å². The monoisotopic (exact) mass is 281 g/mol. The molecule has 0 radical (unpaired) electrons. The van der Waals surface area contributed by atoms with Crippen LogP contribution in [-0.4, -0.2) is 12.6 Å². The Morgan fingerprint density at radius 1 is 0.950 bits per heavy atom. The summed E-state index contributed by atoms with van der Waals surface area (Å²) < 4.78 is 0. The Morgan fingerprint density at radius 2 is 1.60 bits per heavy atom. The predicted octanol–water partition coefficient (Wildman–Crippen LogP) is 5.93. The van der Waals surface area contributed by atoms with Gasteiger partial charge in [0.15, 0.2) is 0 Å². The maximum atomic E-state index is 3.86. The molecule has 0 bridgehead atoms. The summed E-state index contributed by atoms with van der Waals surface area (Å²) in [6.45, 7) is 10.7. The lowest BCUT2D eigenvalue weighted by molar-refractivity contribution is 0.156. The van der Waals surface area contributed by atoms with Gasteiger partial charge in [0.1, 0.15) is 0 Å². The van der Waals surface area contributed by atoms with Crippen molar-refractivity contribution < 1.29 is 0 Å². The highest BCUT2D eigenvalue weighted by molar-refractivity contribution is 4.85. The minimum Gasteiger partial charge on any atom is -0.314 e. The lowest BCUT2D eigenvalue weighted by Crippen LogP contribution is -2.39. The SMILES string of the molecule is CCCCCCCC(NCCC)C1CCC(C)(C)CC1. The fourth-order valence-electron chi connectivity index (χ4n) is 3.63. The molecule has 1 atom stereocenters. The van der Waals surface area contributed by atoms with E-state index in [0.717, 1.165) is 12.0 Å². The van der Waals surface area contributed by atoms with Gasteiger partial charge in [0.25, 0.3) is 0 Å². The topological polar surface area (TPSA) is 12.0 Å². The molecule has 1 fully saturated rings. The summed E-state index contributed by atoms with van der Waals surface area (Å²) in [5.74, 6) is 0.945. The van der Waals surface area contributed by atoms with Crippen LogP contribution in [0.25, 0.3) is 0 Å². The molecule has 1 aliphatic rings. The minimum absolute atomic E-state index is 0.604. The first kappa shape index (κ1) is 18.0. The molecule has 0 heterocycles. The molecular formula is C19H39N. The summed E-state index contributed by atoms with van der Waals surface area (Å²) in [6.07, 6.45) is 15.5. The van der Waals surface area contributed by atoms with E-state index in [1.165, 1.54) is 77.2 Å². The maximum Gasteiger partial charge on any atom is 0.00953 e. The van der Waals surface area contributed by atoms with Gasteiger partial charge >= 0.3 is 0 Å². The molecule has 0 aliphatic heterocycles. The number of hydrogen-bond acceptors (Lipinski definition) is 1. The first-order valence-electron chi connectivity index (χ1n) is 9.32. The first-order chi connectivity index (χ1) is 9.59. The zero-order valence-corrected chi connectivity index (χ0v) is 14.6. The number of nitrogens with one attached hydrogen (secondary N) is 1. The van der Waals surface area contributed by atoms with E-state index >= 15 is 0 Å². The van der Waals surface area contributed by atoms with Gasteiger partial charge in [-0.2, -0.15) is 0 Å². The maximum absolute atomic E-state index is 3.86. The standard InChI is InChI=1S/C19H39N/c1-5-7-8-9-10-11-18(20-16-6-2)17-12-14-19(3,4)15-13-17/h17-18,20H,5-16H2,1-4H3. The van der Waals surface area contributed by atoms with Crippen molar-refractivity contribution in [2.75, 3.05) is 6.54 Å². The molecule has 0 aromatic carbocycles. The Bertz CT molecular complexity index is 224. The van der Waals surface area contributed by atoms with E-state index in [9.17, 15) is 0 Å². The average molecular weight is 282 g/mol. The van der Waals surface area contributed by atoms with E-state index in [1.807, 2.05) is 0 Å². The van der Waals surface area contributed by atoms with Gasteiger partial charge in [-0.15, -0.1) is 0 Å². The molecular weight excluding hydrogens is 242 g/mol. The Morgan fingerprint density at radius 3 is 2.20 bits per heavy atom. The third-order valence-electron chi connectivity index (χ3n) is 5.23. The van der Waals surface area contributed by atoms with Crippen LogP contribution in [0.5, 0.6) is 0 Å². The molecule has 0 aromatic rings. The molecule has 1 saturated carbocycles. The first-order valence-corrected chi connectivity index (χ1v) is 9.32. The van der Waals surface area contributed by atoms with E-state index < -0.39 is 0 Å². The molecule has 1 rings (SSSR count). The second-order valence-electron chi connectivity index (χ2n) is 7.77. The van der Waals surface area contributed by atoms with Crippen LogP contribution in [0.1, 0.15) is 98.3 Å². The van der Waals surface area contributed by atoms with Crippen LogP contribution in [0.3, 0.4) is 0 Å². The highest BCUT2D eigenvalue weighted by atomic mass is 14.9. The smallest absolute Gasteiger partial charge is 0.00953 e. The van der Waals surface area contributed by atoms with Gasteiger partial charge in [-0.05, 0) is 56.4 Å². The van der Waals surface area contributed by atoms with Gasteiger partial charge in [0, 0.05) is 6.04 Å². The van der Waals surface area contributed by atoms with Crippen LogP contribution in [-0.2, 0) is 0 Å². The van der Waals surface area contributed by atoms with Crippen molar-refractivity contribution in [2.24, 2.45) is 11.3 Å². The van der Waals surface area contributed by atoms with Crippen molar-refractivity contribution in [3.63, 3.8) is 0 Å². The van der Waals surface area contributed by atoms with Crippen LogP contribution >= 0.6 is 0 Å². The normalized spacial score (nSPS) is 21.0. The van der Waals surface area contributed by atoms with Crippen LogP contribution in [0.2, 0.25) is 0 Å². The quantitative estimate of drug-likeness (QED) is 0.489. The number of hydrogen-bond donors (Lipinski definition) is 1. The molecule has 0 saturated heterocycles. The summed E-state index contributed by atoms with van der Waals surface area (Å²) in [5.41, 5.74) is 0.604. The van der Waals surface area contributed by atoms with Crippen LogP contribution in [0.4, 0.5) is 0 Å². The fourth-order valence-corrected chi connectivity index (χ4v) is 3.63. The Kier molecular flexibility index (Phi) is 8.84. The fraction of sp³-hybridized carbons (Fsp3) is 1.00. The second kappa shape index (κ2) is 9.82. The molecule has 1 unspecified atom stereocenters. The van der Waals surface area contributed by atoms with Crippen LogP contribution in [0, 0.1) is 11.3 Å². The number of rotatable bonds is 10. The van der Waals surface area contributed by atoms with Crippen molar-refractivity contribution in [1.29, 1.82) is 0 Å². The highest BCUT2D eigenvalue weighted by Gasteiger charge is 2.30. The van der Waals surface area contributed by atoms with Crippen LogP contribution < -0.4 is 5.32 Å². The van der Waals surface area contributed by atoms with Gasteiger partial charge in [-0.25, -0.2) is 0 Å². The van der Waals surface area contributed by atoms with Gasteiger partial charge in [-0.3, -0.25) is 0 Å². The highest BCUT2D eigenvalue weighted by Crippen LogP contribution is 2.39. The lowest BCUT2D eigenvalue weighted by Gasteiger charge is -2.38. The van der Waals surface area contributed by atoms with E-state index in [0.29, 0.717) is 5.41 Å². The van der Waals surface area contributed by atoms with Gasteiger partial charge < -0.3 is 5.32 Å². The van der Waals surface area contributed by atoms with Crippen molar-refractivity contribution in [1.82, 2.24) is 5.32 Å². The molecule has 1 N–H and O–H groups in total. The third kappa shape index (κ3) is 7.11. The predicted molar refractivity (Wildman–Crippen MR) is 91.2 cm³/mol. The van der Waals surface area contributed by atoms with E-state index in [1.54, 1.807) is 0 Å². The molecule has 0 spiro atoms. The summed E-state index contributed by atoms with van der Waals surface area (Å²) in [6, 6.07) is 0.799. The van der Waals surface area contributed by atoms with Crippen LogP contribution in [0.15, 0.2) is 0 Å². The van der Waals surface area contributed by atoms with E-state index in [2.05, 4.69) is 33.0 Å². The molecule has 1 aliphatic carbocycles. The Hall–Kier alpha value is -0.0400. The second-order valence-corrected chi connectivity index (χ2v) is 7.77. The van der Waals surface area contributed by atoms with Gasteiger partial charge in [0.05, 0.1) is 0 Å². The Labute approximate surface area is 128 Å². The van der Waals surface area contributed by atoms with Crippen molar-refractivity contribution in [3.05, 3.63) is 0 Å². The molecule has 20 heavy (non-hydrogen) atoms. The summed E-state index contributed by atoms with van der Waals surface area (Å²) in [7, 11) is 0. The van der Waals surface area contributed by atoms with Gasteiger partial charge in [-0.1, -0.05) is 59.8 Å².